The van der Waals surface area contributed by atoms with Gasteiger partial charge in [-0.05, 0) is 35.9 Å². The maximum Gasteiger partial charge on any atom is 0.269 e. The molecule has 2 rings (SSSR count). The summed E-state index contributed by atoms with van der Waals surface area (Å²) in [6.45, 7) is 0. The van der Waals surface area contributed by atoms with Crippen LogP contribution in [0.25, 0.3) is 6.08 Å². The Hall–Kier alpha value is -2.66. The van der Waals surface area contributed by atoms with Gasteiger partial charge in [0.1, 0.15) is 0 Å². The topological polar surface area (TPSA) is 67.5 Å². The van der Waals surface area contributed by atoms with E-state index in [0.717, 1.165) is 5.56 Å². The number of nitro groups is 1. The molecule has 0 radical (unpaired) electrons. The van der Waals surface area contributed by atoms with Crippen LogP contribution in [0.5, 0.6) is 0 Å². The number of nitrogens with one attached hydrogen (secondary N) is 1. The molecule has 106 valence electrons. The number of halogens is 1. The number of rotatable bonds is 5. The molecule has 0 heterocycles. The summed E-state index contributed by atoms with van der Waals surface area (Å²) in [5.41, 5.74) is 4.52. The van der Waals surface area contributed by atoms with Crippen molar-refractivity contribution in [1.82, 2.24) is 0 Å². The standard InChI is InChI=1S/C15H12ClN3O2/c16-13-5-3-12(4-6-13)2-1-11-17-18-14-7-9-15(10-8-14)19(20)21/h1-11,18H. The van der Waals surface area contributed by atoms with E-state index in [1.165, 1.54) is 12.1 Å². The molecule has 2 aromatic rings. The number of benzene rings is 2. The van der Waals surface area contributed by atoms with Gasteiger partial charge in [-0.3, -0.25) is 15.5 Å². The van der Waals surface area contributed by atoms with E-state index in [1.807, 2.05) is 30.3 Å². The molecule has 1 N–H and O–H groups in total. The van der Waals surface area contributed by atoms with E-state index in [2.05, 4.69) is 10.5 Å². The first-order valence-electron chi connectivity index (χ1n) is 6.11. The molecule has 21 heavy (non-hydrogen) atoms. The van der Waals surface area contributed by atoms with Crippen molar-refractivity contribution in [2.24, 2.45) is 5.10 Å². The summed E-state index contributed by atoms with van der Waals surface area (Å²) in [7, 11) is 0. The summed E-state index contributed by atoms with van der Waals surface area (Å²) >= 11 is 5.79. The number of nitrogens with zero attached hydrogens (tertiary/aromatic N) is 2. The van der Waals surface area contributed by atoms with Crippen molar-refractivity contribution in [1.29, 1.82) is 0 Å². The van der Waals surface area contributed by atoms with Gasteiger partial charge in [0, 0.05) is 23.4 Å². The number of hydrogen-bond acceptors (Lipinski definition) is 4. The molecule has 0 saturated carbocycles. The smallest absolute Gasteiger partial charge is 0.269 e. The summed E-state index contributed by atoms with van der Waals surface area (Å²) in [5, 5.41) is 15.2. The van der Waals surface area contributed by atoms with Crippen LogP contribution >= 0.6 is 11.6 Å². The van der Waals surface area contributed by atoms with Gasteiger partial charge < -0.3 is 0 Å². The van der Waals surface area contributed by atoms with Crippen LogP contribution in [0, 0.1) is 10.1 Å². The first-order valence-corrected chi connectivity index (χ1v) is 6.49. The lowest BCUT2D eigenvalue weighted by Gasteiger charge is -1.98. The first-order chi connectivity index (χ1) is 10.1. The van der Waals surface area contributed by atoms with Crippen molar-refractivity contribution in [2.75, 3.05) is 5.43 Å². The van der Waals surface area contributed by atoms with Crippen LogP contribution in [0.3, 0.4) is 0 Å². The SMILES string of the molecule is O=[N+]([O-])c1ccc(NN=CC=Cc2ccc(Cl)cc2)cc1. The first kappa shape index (κ1) is 14.7. The van der Waals surface area contributed by atoms with Crippen molar-refractivity contribution in [3.05, 3.63) is 75.3 Å². The molecule has 0 aliphatic heterocycles. The Labute approximate surface area is 126 Å². The minimum absolute atomic E-state index is 0.0483. The lowest BCUT2D eigenvalue weighted by Crippen LogP contribution is -1.90. The summed E-state index contributed by atoms with van der Waals surface area (Å²) in [5.74, 6) is 0. The number of hydrogen-bond donors (Lipinski definition) is 1. The fraction of sp³-hybridized carbons (Fsp3) is 0. The maximum absolute atomic E-state index is 10.5. The summed E-state index contributed by atoms with van der Waals surface area (Å²) in [6, 6.07) is 13.5. The number of anilines is 1. The van der Waals surface area contributed by atoms with E-state index in [9.17, 15) is 10.1 Å². The predicted molar refractivity (Wildman–Crippen MR) is 85.7 cm³/mol. The fourth-order valence-electron chi connectivity index (χ4n) is 1.54. The second-order valence-corrected chi connectivity index (χ2v) is 4.54. The molecular formula is C15H12ClN3O2. The molecule has 6 heteroatoms. The number of non-ortho nitro benzene ring substituents is 1. The van der Waals surface area contributed by atoms with Gasteiger partial charge in [-0.2, -0.15) is 5.10 Å². The van der Waals surface area contributed by atoms with Crippen LogP contribution in [-0.2, 0) is 0 Å². The second-order valence-electron chi connectivity index (χ2n) is 4.10. The number of allylic oxidation sites excluding steroid dienone is 1. The van der Waals surface area contributed by atoms with Gasteiger partial charge >= 0.3 is 0 Å². The molecular weight excluding hydrogens is 290 g/mol. The zero-order chi connectivity index (χ0) is 15.1. The van der Waals surface area contributed by atoms with E-state index in [1.54, 1.807) is 24.4 Å². The minimum atomic E-state index is -0.443. The molecule has 2 aromatic carbocycles. The Kier molecular flexibility index (Phi) is 5.06. The Balaban J connectivity index is 1.87. The van der Waals surface area contributed by atoms with Crippen molar-refractivity contribution in [3.63, 3.8) is 0 Å². The lowest BCUT2D eigenvalue weighted by molar-refractivity contribution is -0.384. The molecule has 0 bridgehead atoms. The highest BCUT2D eigenvalue weighted by atomic mass is 35.5. The van der Waals surface area contributed by atoms with Gasteiger partial charge in [-0.1, -0.05) is 29.8 Å². The summed E-state index contributed by atoms with van der Waals surface area (Å²) in [6.07, 6.45) is 5.26. The Morgan fingerprint density at radius 3 is 2.38 bits per heavy atom. The molecule has 0 unspecified atom stereocenters. The van der Waals surface area contributed by atoms with Gasteiger partial charge in [0.05, 0.1) is 10.6 Å². The van der Waals surface area contributed by atoms with Crippen molar-refractivity contribution >= 4 is 35.3 Å². The normalized spacial score (nSPS) is 11.1. The molecule has 5 nitrogen and oxygen atoms in total. The average Bonchev–Trinajstić information content (AvgIpc) is 2.49. The molecule has 0 aliphatic carbocycles. The quantitative estimate of drug-likeness (QED) is 0.507. The molecule has 0 atom stereocenters. The van der Waals surface area contributed by atoms with Crippen LogP contribution in [0.1, 0.15) is 5.56 Å². The zero-order valence-corrected chi connectivity index (χ0v) is 11.7. The van der Waals surface area contributed by atoms with Gasteiger partial charge in [0.2, 0.25) is 0 Å². The highest BCUT2D eigenvalue weighted by molar-refractivity contribution is 6.30. The lowest BCUT2D eigenvalue weighted by atomic mass is 10.2. The molecule has 0 saturated heterocycles. The van der Waals surface area contributed by atoms with Crippen LogP contribution < -0.4 is 5.43 Å². The van der Waals surface area contributed by atoms with Crippen LogP contribution in [0.15, 0.2) is 59.7 Å². The average molecular weight is 302 g/mol. The zero-order valence-electron chi connectivity index (χ0n) is 10.9. The van der Waals surface area contributed by atoms with Crippen LogP contribution in [-0.4, -0.2) is 11.1 Å². The van der Waals surface area contributed by atoms with E-state index >= 15 is 0 Å². The number of hydrazone groups is 1. The van der Waals surface area contributed by atoms with Crippen LogP contribution in [0.4, 0.5) is 11.4 Å². The van der Waals surface area contributed by atoms with E-state index < -0.39 is 4.92 Å². The molecule has 0 spiro atoms. The molecule has 0 amide bonds. The highest BCUT2D eigenvalue weighted by Crippen LogP contribution is 2.15. The molecule has 0 aromatic heterocycles. The van der Waals surface area contributed by atoms with Gasteiger partial charge in [-0.25, -0.2) is 0 Å². The predicted octanol–water partition coefficient (Wildman–Crippen LogP) is 4.36. The molecule has 0 fully saturated rings. The number of nitro benzene ring substituents is 1. The monoisotopic (exact) mass is 301 g/mol. The third-order valence-electron chi connectivity index (χ3n) is 2.59. The van der Waals surface area contributed by atoms with E-state index in [4.69, 9.17) is 11.6 Å². The van der Waals surface area contributed by atoms with E-state index in [-0.39, 0.29) is 5.69 Å². The van der Waals surface area contributed by atoms with Gasteiger partial charge in [-0.15, -0.1) is 0 Å². The third kappa shape index (κ3) is 4.74. The minimum Gasteiger partial charge on any atom is -0.279 e. The Morgan fingerprint density at radius 1 is 1.10 bits per heavy atom. The van der Waals surface area contributed by atoms with E-state index in [0.29, 0.717) is 10.7 Å². The fourth-order valence-corrected chi connectivity index (χ4v) is 1.67. The second kappa shape index (κ2) is 7.21. The largest absolute Gasteiger partial charge is 0.279 e. The Bertz CT molecular complexity index is 664. The van der Waals surface area contributed by atoms with Gasteiger partial charge in [0.15, 0.2) is 0 Å². The Morgan fingerprint density at radius 2 is 1.76 bits per heavy atom. The summed E-state index contributed by atoms with van der Waals surface area (Å²) in [4.78, 5) is 10.1. The van der Waals surface area contributed by atoms with Crippen molar-refractivity contribution in [2.45, 2.75) is 0 Å². The van der Waals surface area contributed by atoms with Crippen molar-refractivity contribution in [3.8, 4) is 0 Å². The maximum atomic E-state index is 10.5. The molecule has 0 aliphatic rings. The third-order valence-corrected chi connectivity index (χ3v) is 2.84. The van der Waals surface area contributed by atoms with Crippen LogP contribution in [0.2, 0.25) is 5.02 Å². The van der Waals surface area contributed by atoms with Gasteiger partial charge in [0.25, 0.3) is 5.69 Å². The summed E-state index contributed by atoms with van der Waals surface area (Å²) < 4.78 is 0. The van der Waals surface area contributed by atoms with Crippen molar-refractivity contribution < 1.29 is 4.92 Å². The highest BCUT2D eigenvalue weighted by Gasteiger charge is 2.02.